The molecule has 8 nitrogen and oxygen atoms in total. The second-order valence-corrected chi connectivity index (χ2v) is 8.00. The Morgan fingerprint density at radius 2 is 1.88 bits per heavy atom. The normalized spacial score (nSPS) is 10.7. The van der Waals surface area contributed by atoms with Gasteiger partial charge in [-0.2, -0.15) is 5.10 Å². The van der Waals surface area contributed by atoms with Crippen molar-refractivity contribution in [2.45, 2.75) is 26.8 Å². The number of hydrogen-bond acceptors (Lipinski definition) is 6. The average molecular weight is 455 g/mol. The van der Waals surface area contributed by atoms with Crippen LogP contribution in [0.2, 0.25) is 0 Å². The van der Waals surface area contributed by atoms with Crippen LogP contribution in [0.3, 0.4) is 0 Å². The number of nitrogens with zero attached hydrogens (tertiary/aromatic N) is 5. The van der Waals surface area contributed by atoms with Crippen molar-refractivity contribution in [2.24, 2.45) is 0 Å². The van der Waals surface area contributed by atoms with E-state index in [-0.39, 0.29) is 18.3 Å². The number of carbonyl (C=O) groups is 1. The number of para-hydroxylation sites is 1. The van der Waals surface area contributed by atoms with E-state index in [9.17, 15) is 4.79 Å². The highest BCUT2D eigenvalue weighted by molar-refractivity contribution is 6.08. The first kappa shape index (κ1) is 23.0. The van der Waals surface area contributed by atoms with Gasteiger partial charge in [-0.1, -0.05) is 42.3 Å². The van der Waals surface area contributed by atoms with Crippen LogP contribution in [0.4, 0.5) is 11.5 Å². The minimum Gasteiger partial charge on any atom is -0.384 e. The van der Waals surface area contributed by atoms with Crippen LogP contribution < -0.4 is 10.6 Å². The third kappa shape index (κ3) is 4.34. The maximum Gasteiger partial charge on any atom is 0.258 e. The molecule has 0 aliphatic carbocycles. The second-order valence-electron chi connectivity index (χ2n) is 8.00. The predicted octanol–water partition coefficient (Wildman–Crippen LogP) is 2.89. The number of carbonyl (C=O) groups excluding carboxylic acids is 1. The van der Waals surface area contributed by atoms with Crippen molar-refractivity contribution in [1.82, 2.24) is 19.7 Å². The molecule has 8 heteroatoms. The van der Waals surface area contributed by atoms with Crippen molar-refractivity contribution in [1.29, 1.82) is 0 Å². The molecule has 0 fully saturated rings. The van der Waals surface area contributed by atoms with E-state index in [1.54, 1.807) is 16.6 Å². The molecule has 2 aromatic heterocycles. The standard InChI is InChI=1S/C26H26N6O2/c1-17-8-4-5-12-21(17)31(3)26(34)22-18(2)9-6-10-19(22)13-14-32-25-23(24(27)28-16-29-25)20(30-32)11-7-15-33/h4-6,8-10,12,16,33H,13-15H2,1-3H3,(H2,27,28,29). The number of nitrogens with two attached hydrogens (primary N) is 1. The Hall–Kier alpha value is -4.22. The number of benzene rings is 2. The summed E-state index contributed by atoms with van der Waals surface area (Å²) in [5.74, 6) is 5.65. The fourth-order valence-electron chi connectivity index (χ4n) is 4.08. The van der Waals surface area contributed by atoms with Gasteiger partial charge in [0.25, 0.3) is 5.91 Å². The number of hydrogen-bond donors (Lipinski definition) is 2. The lowest BCUT2D eigenvalue weighted by Crippen LogP contribution is -2.29. The summed E-state index contributed by atoms with van der Waals surface area (Å²) in [4.78, 5) is 23.6. The van der Waals surface area contributed by atoms with Crippen LogP contribution in [0, 0.1) is 25.7 Å². The van der Waals surface area contributed by atoms with Crippen LogP contribution in [0.25, 0.3) is 11.0 Å². The molecule has 2 heterocycles. The first-order valence-corrected chi connectivity index (χ1v) is 10.9. The van der Waals surface area contributed by atoms with Gasteiger partial charge in [-0.05, 0) is 48.9 Å². The van der Waals surface area contributed by atoms with E-state index in [0.717, 1.165) is 22.4 Å². The first-order chi connectivity index (χ1) is 16.4. The van der Waals surface area contributed by atoms with Crippen LogP contribution in [0.15, 0.2) is 48.8 Å². The fraction of sp³-hybridized carbons (Fsp3) is 0.231. The summed E-state index contributed by atoms with van der Waals surface area (Å²) in [6.45, 7) is 4.12. The lowest BCUT2D eigenvalue weighted by molar-refractivity contribution is 0.0991. The summed E-state index contributed by atoms with van der Waals surface area (Å²) >= 11 is 0. The predicted molar refractivity (Wildman–Crippen MR) is 132 cm³/mol. The number of aryl methyl sites for hydroxylation is 4. The van der Waals surface area contributed by atoms with Gasteiger partial charge in [-0.25, -0.2) is 14.6 Å². The summed E-state index contributed by atoms with van der Waals surface area (Å²) < 4.78 is 1.72. The number of nitrogen functional groups attached to an aromatic ring is 1. The molecule has 0 bridgehead atoms. The smallest absolute Gasteiger partial charge is 0.258 e. The molecule has 172 valence electrons. The van der Waals surface area contributed by atoms with E-state index in [4.69, 9.17) is 10.8 Å². The van der Waals surface area contributed by atoms with E-state index < -0.39 is 0 Å². The Labute approximate surface area is 198 Å². The molecule has 3 N–H and O–H groups in total. The second kappa shape index (κ2) is 9.73. The minimum absolute atomic E-state index is 0.0613. The van der Waals surface area contributed by atoms with Crippen LogP contribution in [0.1, 0.15) is 32.7 Å². The monoisotopic (exact) mass is 454 g/mol. The van der Waals surface area contributed by atoms with Gasteiger partial charge in [0.05, 0.1) is 5.39 Å². The van der Waals surface area contributed by atoms with Gasteiger partial charge in [0.15, 0.2) is 5.65 Å². The number of amides is 1. The molecule has 0 unspecified atom stereocenters. The van der Waals surface area contributed by atoms with Crippen molar-refractivity contribution in [3.63, 3.8) is 0 Å². The van der Waals surface area contributed by atoms with Crippen molar-refractivity contribution in [3.8, 4) is 11.8 Å². The number of fused-ring (bicyclic) bond motifs is 1. The Balaban J connectivity index is 1.68. The van der Waals surface area contributed by atoms with Crippen LogP contribution in [-0.2, 0) is 13.0 Å². The summed E-state index contributed by atoms with van der Waals surface area (Å²) in [7, 11) is 1.80. The van der Waals surface area contributed by atoms with Crippen molar-refractivity contribution in [3.05, 3.63) is 76.7 Å². The van der Waals surface area contributed by atoms with E-state index in [0.29, 0.717) is 35.3 Å². The van der Waals surface area contributed by atoms with E-state index in [1.807, 2.05) is 56.3 Å². The summed E-state index contributed by atoms with van der Waals surface area (Å²) in [5.41, 5.74) is 11.4. The SMILES string of the molecule is Cc1ccccc1N(C)C(=O)c1c(C)cccc1CCn1nc(C#CCO)c2c(N)ncnc21. The number of rotatable bonds is 5. The van der Waals surface area contributed by atoms with Gasteiger partial charge >= 0.3 is 0 Å². The van der Waals surface area contributed by atoms with Crippen LogP contribution >= 0.6 is 0 Å². The Morgan fingerprint density at radius 3 is 2.65 bits per heavy atom. The van der Waals surface area contributed by atoms with Gasteiger partial charge in [0.1, 0.15) is 24.4 Å². The summed E-state index contributed by atoms with van der Waals surface area (Å²) in [6, 6.07) is 13.7. The molecule has 0 spiro atoms. The van der Waals surface area contributed by atoms with E-state index in [2.05, 4.69) is 26.9 Å². The molecule has 0 saturated carbocycles. The molecule has 0 atom stereocenters. The fourth-order valence-corrected chi connectivity index (χ4v) is 4.08. The molecule has 4 rings (SSSR count). The van der Waals surface area contributed by atoms with E-state index in [1.165, 1.54) is 6.33 Å². The summed E-state index contributed by atoms with van der Waals surface area (Å²) in [6.07, 6.45) is 1.94. The van der Waals surface area contributed by atoms with Crippen molar-refractivity contribution >= 4 is 28.4 Å². The zero-order chi connectivity index (χ0) is 24.2. The largest absolute Gasteiger partial charge is 0.384 e. The van der Waals surface area contributed by atoms with Gasteiger partial charge in [0.2, 0.25) is 0 Å². The number of anilines is 2. The Bertz CT molecular complexity index is 1430. The molecule has 0 aliphatic rings. The highest BCUT2D eigenvalue weighted by Crippen LogP contribution is 2.25. The molecule has 0 radical (unpaired) electrons. The maximum absolute atomic E-state index is 13.6. The molecule has 34 heavy (non-hydrogen) atoms. The molecular weight excluding hydrogens is 428 g/mol. The molecule has 0 saturated heterocycles. The summed E-state index contributed by atoms with van der Waals surface area (Å²) in [5, 5.41) is 14.2. The quantitative estimate of drug-likeness (QED) is 0.449. The Morgan fingerprint density at radius 1 is 1.12 bits per heavy atom. The molecule has 4 aromatic rings. The van der Waals surface area contributed by atoms with Gasteiger partial charge in [-0.3, -0.25) is 4.79 Å². The third-order valence-corrected chi connectivity index (χ3v) is 5.79. The van der Waals surface area contributed by atoms with Gasteiger partial charge in [-0.15, -0.1) is 0 Å². The van der Waals surface area contributed by atoms with Gasteiger partial charge in [0, 0.05) is 24.8 Å². The van der Waals surface area contributed by atoms with Crippen molar-refractivity contribution < 1.29 is 9.90 Å². The number of aromatic nitrogens is 4. The molecule has 1 amide bonds. The van der Waals surface area contributed by atoms with Crippen LogP contribution in [0.5, 0.6) is 0 Å². The van der Waals surface area contributed by atoms with Gasteiger partial charge < -0.3 is 15.7 Å². The Kier molecular flexibility index (Phi) is 6.57. The molecule has 2 aromatic carbocycles. The topological polar surface area (TPSA) is 110 Å². The maximum atomic E-state index is 13.6. The van der Waals surface area contributed by atoms with Crippen LogP contribution in [-0.4, -0.2) is 44.4 Å². The first-order valence-electron chi connectivity index (χ1n) is 10.9. The highest BCUT2D eigenvalue weighted by atomic mass is 16.2. The molecule has 0 aliphatic heterocycles. The number of aliphatic hydroxyl groups is 1. The zero-order valence-corrected chi connectivity index (χ0v) is 19.4. The lowest BCUT2D eigenvalue weighted by Gasteiger charge is -2.22. The third-order valence-electron chi connectivity index (χ3n) is 5.79. The number of aliphatic hydroxyl groups excluding tert-OH is 1. The average Bonchev–Trinajstić information content (AvgIpc) is 3.19. The van der Waals surface area contributed by atoms with Crippen molar-refractivity contribution in [2.75, 3.05) is 24.3 Å². The molecular formula is C26H26N6O2. The highest BCUT2D eigenvalue weighted by Gasteiger charge is 2.21. The van der Waals surface area contributed by atoms with E-state index >= 15 is 0 Å². The minimum atomic E-state index is -0.287. The lowest BCUT2D eigenvalue weighted by atomic mass is 9.98. The zero-order valence-electron chi connectivity index (χ0n) is 19.4.